The highest BCUT2D eigenvalue weighted by atomic mass is 16.5. The van der Waals surface area contributed by atoms with E-state index < -0.39 is 5.91 Å². The predicted octanol–water partition coefficient (Wildman–Crippen LogP) is 1.76. The summed E-state index contributed by atoms with van der Waals surface area (Å²) in [6.45, 7) is 6.20. The number of nitrogens with one attached hydrogen (secondary N) is 2. The van der Waals surface area contributed by atoms with E-state index in [2.05, 4.69) is 10.2 Å². The molecule has 0 atom stereocenters. The number of hydrogen-bond donors (Lipinski definition) is 2. The molecule has 5 rings (SSSR count). The molecule has 1 aliphatic heterocycles. The molecular formula is C29H34N6O5. The summed E-state index contributed by atoms with van der Waals surface area (Å²) in [5.41, 5.74) is 2.63. The Hall–Kier alpha value is -4.22. The van der Waals surface area contributed by atoms with Crippen LogP contribution in [0.2, 0.25) is 0 Å². The minimum Gasteiger partial charge on any atom is -0.493 e. The van der Waals surface area contributed by atoms with Gasteiger partial charge in [0.05, 0.1) is 38.4 Å². The molecule has 11 nitrogen and oxygen atoms in total. The fraction of sp³-hybridized carbons (Fsp3) is 0.379. The van der Waals surface area contributed by atoms with Crippen LogP contribution in [0.25, 0.3) is 16.7 Å². The Kier molecular flexibility index (Phi) is 8.13. The van der Waals surface area contributed by atoms with E-state index in [9.17, 15) is 9.59 Å². The molecule has 3 aromatic heterocycles. The normalized spacial score (nSPS) is 14.0. The lowest BCUT2D eigenvalue weighted by Gasteiger charge is -2.27. The summed E-state index contributed by atoms with van der Waals surface area (Å²) in [5, 5.41) is 12.2. The Morgan fingerprint density at radius 3 is 2.60 bits per heavy atom. The first-order valence-electron chi connectivity index (χ1n) is 13.3. The van der Waals surface area contributed by atoms with Gasteiger partial charge in [0.25, 0.3) is 11.5 Å². The number of carbonyl (C=O) groups excluding carboxylic acids is 1. The van der Waals surface area contributed by atoms with Crippen LogP contribution in [0.4, 0.5) is 0 Å². The molecule has 11 heteroatoms. The number of aromatic nitrogens is 3. The lowest BCUT2D eigenvalue weighted by Crippen LogP contribution is -2.41. The fourth-order valence-electron chi connectivity index (χ4n) is 5.01. The highest BCUT2D eigenvalue weighted by Gasteiger charge is 2.19. The first-order valence-corrected chi connectivity index (χ1v) is 13.3. The van der Waals surface area contributed by atoms with Crippen molar-refractivity contribution >= 4 is 22.6 Å². The monoisotopic (exact) mass is 546 g/mol. The Bertz CT molecular complexity index is 1670. The summed E-state index contributed by atoms with van der Waals surface area (Å²) >= 11 is 0. The molecular weight excluding hydrogens is 512 g/mol. The second kappa shape index (κ2) is 11.9. The molecule has 0 unspecified atom stereocenters. The highest BCUT2D eigenvalue weighted by molar-refractivity contribution is 5.96. The van der Waals surface area contributed by atoms with Gasteiger partial charge in [-0.25, -0.2) is 4.98 Å². The Labute approximate surface area is 231 Å². The third-order valence-electron chi connectivity index (χ3n) is 7.27. The van der Waals surface area contributed by atoms with Crippen LogP contribution < -0.4 is 25.8 Å². The number of carbonyl (C=O) groups is 1. The molecule has 1 aliphatic rings. The molecule has 210 valence electrons. The topological polar surface area (TPSA) is 123 Å². The average Bonchev–Trinajstić information content (AvgIpc) is 2.97. The summed E-state index contributed by atoms with van der Waals surface area (Å²) < 4.78 is 19.3. The number of hydrogen-bond acceptors (Lipinski definition) is 8. The quantitative estimate of drug-likeness (QED) is 0.307. The van der Waals surface area contributed by atoms with Crippen molar-refractivity contribution in [2.45, 2.75) is 19.9 Å². The summed E-state index contributed by atoms with van der Waals surface area (Å²) in [6, 6.07) is 10.8. The van der Waals surface area contributed by atoms with Crippen LogP contribution in [0.15, 0.2) is 47.4 Å². The average molecular weight is 547 g/mol. The molecule has 0 bridgehead atoms. The third-order valence-corrected chi connectivity index (χ3v) is 7.27. The molecule has 40 heavy (non-hydrogen) atoms. The smallest absolute Gasteiger partial charge is 0.267 e. The van der Waals surface area contributed by atoms with Crippen molar-refractivity contribution in [1.82, 2.24) is 24.2 Å². The number of pyridine rings is 2. The number of methoxy groups -OCH3 is 2. The molecule has 4 heterocycles. The number of morpholine rings is 1. The van der Waals surface area contributed by atoms with Gasteiger partial charge < -0.3 is 24.1 Å². The second-order valence-corrected chi connectivity index (χ2v) is 9.75. The van der Waals surface area contributed by atoms with Crippen LogP contribution in [0, 0.1) is 12.3 Å². The van der Waals surface area contributed by atoms with Crippen LogP contribution in [0.1, 0.15) is 21.5 Å². The summed E-state index contributed by atoms with van der Waals surface area (Å²) in [7, 11) is 3.16. The van der Waals surface area contributed by atoms with E-state index in [0.29, 0.717) is 67.4 Å². The zero-order chi connectivity index (χ0) is 28.2. The van der Waals surface area contributed by atoms with E-state index in [4.69, 9.17) is 24.6 Å². The lowest BCUT2D eigenvalue weighted by molar-refractivity contribution is 0.0363. The number of rotatable bonds is 9. The van der Waals surface area contributed by atoms with Gasteiger partial charge in [0.15, 0.2) is 11.5 Å². The number of fused-ring (bicyclic) bond motifs is 2. The van der Waals surface area contributed by atoms with E-state index in [-0.39, 0.29) is 16.6 Å². The number of benzene rings is 1. The number of amides is 1. The van der Waals surface area contributed by atoms with Crippen molar-refractivity contribution in [2.24, 2.45) is 0 Å². The second-order valence-electron chi connectivity index (χ2n) is 9.75. The molecule has 1 saturated heterocycles. The molecule has 1 fully saturated rings. The molecule has 0 saturated carbocycles. The largest absolute Gasteiger partial charge is 0.493 e. The lowest BCUT2D eigenvalue weighted by atomic mass is 10.1. The summed E-state index contributed by atoms with van der Waals surface area (Å²) in [4.78, 5) is 34.0. The van der Waals surface area contributed by atoms with Crippen LogP contribution in [-0.2, 0) is 17.7 Å². The van der Waals surface area contributed by atoms with E-state index in [1.807, 2.05) is 31.2 Å². The van der Waals surface area contributed by atoms with Gasteiger partial charge in [0.1, 0.15) is 16.8 Å². The molecule has 0 spiro atoms. The molecule has 0 aliphatic carbocycles. The fourth-order valence-corrected chi connectivity index (χ4v) is 5.01. The number of nitrogens with zero attached hydrogens (tertiary/aromatic N) is 4. The van der Waals surface area contributed by atoms with Crippen molar-refractivity contribution in [2.75, 3.05) is 53.6 Å². The van der Waals surface area contributed by atoms with Crippen molar-refractivity contribution in [3.8, 4) is 11.5 Å². The Morgan fingerprint density at radius 2 is 1.85 bits per heavy atom. The van der Waals surface area contributed by atoms with Crippen molar-refractivity contribution < 1.29 is 19.0 Å². The van der Waals surface area contributed by atoms with E-state index in [1.165, 1.54) is 10.5 Å². The Balaban J connectivity index is 1.47. The SMILES string of the molecule is COc1ccc(CCNC(=O)c2cc3c(=O)n4cccc(C)c4nc3n(CCN3CCOCC3)c2=N)cc1OC. The van der Waals surface area contributed by atoms with E-state index in [0.717, 1.165) is 24.2 Å². The van der Waals surface area contributed by atoms with Crippen LogP contribution in [0.5, 0.6) is 11.5 Å². The molecule has 4 aromatic rings. The number of ether oxygens (including phenoxy) is 3. The summed E-state index contributed by atoms with van der Waals surface area (Å²) in [6.07, 6.45) is 2.23. The van der Waals surface area contributed by atoms with Gasteiger partial charge in [-0.1, -0.05) is 12.1 Å². The maximum absolute atomic E-state index is 13.6. The van der Waals surface area contributed by atoms with Crippen molar-refractivity contribution in [3.63, 3.8) is 0 Å². The van der Waals surface area contributed by atoms with Crippen LogP contribution in [-0.4, -0.2) is 78.4 Å². The highest BCUT2D eigenvalue weighted by Crippen LogP contribution is 2.27. The van der Waals surface area contributed by atoms with Gasteiger partial charge in [-0.15, -0.1) is 0 Å². The van der Waals surface area contributed by atoms with Crippen LogP contribution >= 0.6 is 0 Å². The number of aryl methyl sites for hydroxylation is 1. The van der Waals surface area contributed by atoms with Gasteiger partial charge in [0.2, 0.25) is 0 Å². The van der Waals surface area contributed by atoms with Gasteiger partial charge in [-0.3, -0.25) is 24.3 Å². The Morgan fingerprint density at radius 1 is 1.07 bits per heavy atom. The third kappa shape index (κ3) is 5.43. The predicted molar refractivity (Wildman–Crippen MR) is 150 cm³/mol. The zero-order valence-electron chi connectivity index (χ0n) is 23.0. The van der Waals surface area contributed by atoms with Gasteiger partial charge in [-0.05, 0) is 48.7 Å². The van der Waals surface area contributed by atoms with Gasteiger partial charge >= 0.3 is 0 Å². The maximum Gasteiger partial charge on any atom is 0.267 e. The first kappa shape index (κ1) is 27.4. The van der Waals surface area contributed by atoms with Gasteiger partial charge in [-0.2, -0.15) is 0 Å². The standard InChI is InChI=1S/C29H34N6O5/c1-19-5-4-10-35-26(19)32-27-22(29(35)37)18-21(25(30)34(27)12-11-33-13-15-40-16-14-33)28(36)31-9-8-20-6-7-23(38-2)24(17-20)39-3/h4-7,10,17-18,30H,8-9,11-16H2,1-3H3,(H,31,36). The van der Waals surface area contributed by atoms with Gasteiger partial charge in [0, 0.05) is 38.9 Å². The molecule has 1 amide bonds. The van der Waals surface area contributed by atoms with E-state index >= 15 is 0 Å². The molecule has 2 N–H and O–H groups in total. The molecule has 0 radical (unpaired) electrons. The summed E-state index contributed by atoms with van der Waals surface area (Å²) in [5.74, 6) is 0.835. The minimum absolute atomic E-state index is 0.0224. The first-order chi connectivity index (χ1) is 19.4. The molecule has 1 aromatic carbocycles. The van der Waals surface area contributed by atoms with Crippen LogP contribution in [0.3, 0.4) is 0 Å². The van der Waals surface area contributed by atoms with Crippen molar-refractivity contribution in [3.05, 3.63) is 75.1 Å². The zero-order valence-corrected chi connectivity index (χ0v) is 23.0. The minimum atomic E-state index is -0.416. The van der Waals surface area contributed by atoms with Crippen molar-refractivity contribution in [1.29, 1.82) is 5.41 Å². The van der Waals surface area contributed by atoms with E-state index in [1.54, 1.807) is 31.0 Å². The maximum atomic E-state index is 13.6.